The number of amides is 1. The van der Waals surface area contributed by atoms with Crippen molar-refractivity contribution in [2.24, 2.45) is 0 Å². The quantitative estimate of drug-likeness (QED) is 0.234. The fraction of sp³-hybridized carbons (Fsp3) is 0.359. The van der Waals surface area contributed by atoms with Gasteiger partial charge in [-0.25, -0.2) is 10.0 Å². The molecule has 0 saturated carbocycles. The number of hydrogen-bond acceptors (Lipinski definition) is 9. The Morgan fingerprint density at radius 1 is 0.735 bits per heavy atom. The van der Waals surface area contributed by atoms with Crippen LogP contribution in [0.5, 0.6) is 46.0 Å². The van der Waals surface area contributed by atoms with E-state index in [4.69, 9.17) is 28.4 Å². The maximum Gasteiger partial charge on any atom is 0.238 e. The van der Waals surface area contributed by atoms with E-state index in [0.717, 1.165) is 41.8 Å². The highest BCUT2D eigenvalue weighted by molar-refractivity contribution is 5.93. The summed E-state index contributed by atoms with van der Waals surface area (Å²) in [5.74, 6) is 4.64. The fourth-order valence-electron chi connectivity index (χ4n) is 8.07. The normalized spacial score (nSPS) is 19.3. The van der Waals surface area contributed by atoms with E-state index in [1.54, 1.807) is 40.4 Å². The summed E-state index contributed by atoms with van der Waals surface area (Å²) in [6.45, 7) is 3.15. The van der Waals surface area contributed by atoms with Crippen LogP contribution in [0.15, 0.2) is 54.6 Å². The molecule has 4 aromatic carbocycles. The summed E-state index contributed by atoms with van der Waals surface area (Å²) in [5.41, 5.74) is 7.39. The zero-order chi connectivity index (χ0) is 34.0. The van der Waals surface area contributed by atoms with E-state index in [0.29, 0.717) is 65.4 Å². The Hall–Kier alpha value is -4.93. The standard InChI is InChI=1S/C39H41N3O7/c1-22(43)42-29-21-33(45-4)34-19-26(29)16-31-37-25(12-14-41(31)42)18-36(46-5)38(47-6)39(37)49-35-20-28-24(17-32(35)44-3)11-13-40(2)30(28)15-23-7-9-27(48-34)10-8-23/h7-10,17-21,30-31H,11-16H2,1-6H3/t30-,31-/m0/s1. The number of methoxy groups -OCH3 is 4. The van der Waals surface area contributed by atoms with Gasteiger partial charge in [-0.1, -0.05) is 12.1 Å². The van der Waals surface area contributed by atoms with Crippen LogP contribution in [0.3, 0.4) is 0 Å². The largest absolute Gasteiger partial charge is 0.493 e. The van der Waals surface area contributed by atoms with Crippen molar-refractivity contribution >= 4 is 11.6 Å². The predicted octanol–water partition coefficient (Wildman–Crippen LogP) is 6.81. The van der Waals surface area contributed by atoms with E-state index < -0.39 is 0 Å². The second-order valence-corrected chi connectivity index (χ2v) is 13.1. The van der Waals surface area contributed by atoms with Gasteiger partial charge in [-0.3, -0.25) is 9.69 Å². The molecular weight excluding hydrogens is 622 g/mol. The van der Waals surface area contributed by atoms with E-state index in [9.17, 15) is 4.79 Å². The Balaban J connectivity index is 1.40. The molecule has 4 aromatic rings. The summed E-state index contributed by atoms with van der Waals surface area (Å²) in [6, 6.07) is 18.3. The number of anilines is 1. The van der Waals surface area contributed by atoms with E-state index in [2.05, 4.69) is 41.2 Å². The molecule has 10 heteroatoms. The number of rotatable bonds is 4. The minimum absolute atomic E-state index is 0.0997. The molecule has 0 spiro atoms. The van der Waals surface area contributed by atoms with Gasteiger partial charge in [-0.2, -0.15) is 0 Å². The Kier molecular flexibility index (Phi) is 7.80. The minimum Gasteiger partial charge on any atom is -0.493 e. The minimum atomic E-state index is -0.253. The molecule has 5 aliphatic heterocycles. The molecule has 5 heterocycles. The average molecular weight is 664 g/mol. The molecule has 0 unspecified atom stereocenters. The van der Waals surface area contributed by atoms with Gasteiger partial charge in [0.15, 0.2) is 34.5 Å². The van der Waals surface area contributed by atoms with E-state index in [-0.39, 0.29) is 18.0 Å². The maximum atomic E-state index is 13.5. The number of hydrazine groups is 1. The van der Waals surface area contributed by atoms with Crippen molar-refractivity contribution in [1.29, 1.82) is 0 Å². The number of carbonyl (C=O) groups excluding carboxylic acids is 1. The van der Waals surface area contributed by atoms with Crippen LogP contribution in [-0.2, 0) is 30.5 Å². The summed E-state index contributed by atoms with van der Waals surface area (Å²) in [6.07, 6.45) is 2.98. The maximum absolute atomic E-state index is 13.5. The lowest BCUT2D eigenvalue weighted by Crippen LogP contribution is -2.54. The second-order valence-electron chi connectivity index (χ2n) is 13.1. The van der Waals surface area contributed by atoms with Crippen molar-refractivity contribution in [1.82, 2.24) is 9.91 Å². The van der Waals surface area contributed by atoms with Gasteiger partial charge in [-0.05, 0) is 96.9 Å². The first-order valence-electron chi connectivity index (χ1n) is 16.7. The van der Waals surface area contributed by atoms with Crippen LogP contribution in [-0.4, -0.2) is 64.4 Å². The van der Waals surface area contributed by atoms with E-state index >= 15 is 0 Å². The number of carbonyl (C=O) groups is 1. The van der Waals surface area contributed by atoms with Crippen LogP contribution in [0.1, 0.15) is 52.4 Å². The lowest BCUT2D eigenvalue weighted by Gasteiger charge is -2.48. The SMILES string of the molecule is COc1cc2c3cc1Oc1ccc(cc1)C[C@H]1c4cc(c(OC)cc4CCN1C)Oc1c(OC)c(OC)cc4c1[C@H](C3)N(CC4)N2C(C)=O. The molecule has 0 saturated heterocycles. The van der Waals surface area contributed by atoms with Crippen molar-refractivity contribution in [2.45, 2.75) is 44.7 Å². The van der Waals surface area contributed by atoms with Gasteiger partial charge in [0.2, 0.25) is 11.7 Å². The molecule has 0 fully saturated rings. The smallest absolute Gasteiger partial charge is 0.238 e. The zero-order valence-electron chi connectivity index (χ0n) is 28.8. The lowest BCUT2D eigenvalue weighted by molar-refractivity contribution is -0.120. The van der Waals surface area contributed by atoms with Gasteiger partial charge in [0.1, 0.15) is 5.75 Å². The van der Waals surface area contributed by atoms with Crippen molar-refractivity contribution in [3.8, 4) is 46.0 Å². The van der Waals surface area contributed by atoms with Gasteiger partial charge in [0.25, 0.3) is 0 Å². The van der Waals surface area contributed by atoms with Crippen LogP contribution in [0.4, 0.5) is 5.69 Å². The molecule has 0 N–H and O–H groups in total. The highest BCUT2D eigenvalue weighted by Crippen LogP contribution is 2.54. The van der Waals surface area contributed by atoms with Gasteiger partial charge in [-0.15, -0.1) is 0 Å². The predicted molar refractivity (Wildman–Crippen MR) is 185 cm³/mol. The van der Waals surface area contributed by atoms with Crippen LogP contribution >= 0.6 is 0 Å². The van der Waals surface area contributed by atoms with Crippen molar-refractivity contribution < 1.29 is 33.2 Å². The summed E-state index contributed by atoms with van der Waals surface area (Å²) >= 11 is 0. The number of nitrogens with zero attached hydrogens (tertiary/aromatic N) is 3. The number of likely N-dealkylation sites (N-methyl/N-ethyl adjacent to an activating group) is 1. The highest BCUT2D eigenvalue weighted by atomic mass is 16.5. The number of benzene rings is 4. The Morgan fingerprint density at radius 3 is 2.14 bits per heavy atom. The summed E-state index contributed by atoms with van der Waals surface area (Å²) in [4.78, 5) is 15.9. The third kappa shape index (κ3) is 5.12. The topological polar surface area (TPSA) is 82.2 Å². The van der Waals surface area contributed by atoms with Crippen LogP contribution in [0.25, 0.3) is 0 Å². The molecule has 9 rings (SSSR count). The molecule has 10 nitrogen and oxygen atoms in total. The monoisotopic (exact) mass is 663 g/mol. The number of ether oxygens (including phenoxy) is 6. The molecule has 5 aliphatic rings. The number of fused-ring (bicyclic) bond motifs is 2. The molecule has 2 atom stereocenters. The lowest BCUT2D eigenvalue weighted by atomic mass is 9.85. The fourth-order valence-corrected chi connectivity index (χ4v) is 8.07. The molecular formula is C39H41N3O7. The van der Waals surface area contributed by atoms with Gasteiger partial charge < -0.3 is 28.4 Å². The van der Waals surface area contributed by atoms with Crippen molar-refractivity contribution in [3.05, 3.63) is 88.0 Å². The van der Waals surface area contributed by atoms with Gasteiger partial charge >= 0.3 is 0 Å². The summed E-state index contributed by atoms with van der Waals surface area (Å²) in [7, 11) is 8.75. The first kappa shape index (κ1) is 31.3. The van der Waals surface area contributed by atoms with Crippen molar-refractivity contribution in [3.63, 3.8) is 0 Å². The molecule has 1 amide bonds. The third-order valence-electron chi connectivity index (χ3n) is 10.5. The molecule has 254 valence electrons. The first-order valence-corrected chi connectivity index (χ1v) is 16.7. The third-order valence-corrected chi connectivity index (χ3v) is 10.5. The highest BCUT2D eigenvalue weighted by Gasteiger charge is 2.43. The summed E-state index contributed by atoms with van der Waals surface area (Å²) in [5, 5.41) is 3.91. The second kappa shape index (κ2) is 12.2. The van der Waals surface area contributed by atoms with Crippen molar-refractivity contribution in [2.75, 3.05) is 53.6 Å². The molecule has 49 heavy (non-hydrogen) atoms. The van der Waals surface area contributed by atoms with Crippen LogP contribution < -0.4 is 33.4 Å². The molecule has 0 aliphatic carbocycles. The van der Waals surface area contributed by atoms with Gasteiger partial charge in [0, 0.05) is 37.7 Å². The van der Waals surface area contributed by atoms with E-state index in [1.807, 2.05) is 30.3 Å². The van der Waals surface area contributed by atoms with Crippen LogP contribution in [0, 0.1) is 0 Å². The zero-order valence-corrected chi connectivity index (χ0v) is 28.8. The molecule has 7 bridgehead atoms. The van der Waals surface area contributed by atoms with E-state index in [1.165, 1.54) is 16.7 Å². The summed E-state index contributed by atoms with van der Waals surface area (Å²) < 4.78 is 37.3. The average Bonchev–Trinajstić information content (AvgIpc) is 3.11. The Bertz CT molecular complexity index is 1960. The van der Waals surface area contributed by atoms with Gasteiger partial charge in [0.05, 0.1) is 40.2 Å². The van der Waals surface area contributed by atoms with Crippen LogP contribution in [0.2, 0.25) is 0 Å². The molecule has 0 radical (unpaired) electrons. The first-order chi connectivity index (χ1) is 23.8. The Morgan fingerprint density at radius 2 is 1.43 bits per heavy atom. The number of hydrogen-bond donors (Lipinski definition) is 0. The Labute approximate surface area is 286 Å². The molecule has 0 aromatic heterocycles.